The van der Waals surface area contributed by atoms with Gasteiger partial charge < -0.3 is 9.47 Å². The number of halogens is 2. The van der Waals surface area contributed by atoms with E-state index in [1.807, 2.05) is 6.07 Å². The Morgan fingerprint density at radius 3 is 2.48 bits per heavy atom. The maximum atomic E-state index is 6.65. The predicted molar refractivity (Wildman–Crippen MR) is 89.5 cm³/mol. The molecule has 0 radical (unpaired) electrons. The van der Waals surface area contributed by atoms with E-state index in [-0.39, 0.29) is 5.38 Å². The summed E-state index contributed by atoms with van der Waals surface area (Å²) in [5.41, 5.74) is 1.12. The molecule has 0 bridgehead atoms. The molecule has 0 spiro atoms. The Bertz CT molecular complexity index is 486. The summed E-state index contributed by atoms with van der Waals surface area (Å²) >= 11 is 10.3. The summed E-state index contributed by atoms with van der Waals surface area (Å²) in [6, 6.07) is 4.05. The molecule has 1 aliphatic heterocycles. The van der Waals surface area contributed by atoms with Crippen LogP contribution in [-0.2, 0) is 0 Å². The van der Waals surface area contributed by atoms with E-state index in [4.69, 9.17) is 21.1 Å². The fourth-order valence-corrected chi connectivity index (χ4v) is 4.31. The van der Waals surface area contributed by atoms with Crippen LogP contribution in [0.4, 0.5) is 0 Å². The highest BCUT2D eigenvalue weighted by Crippen LogP contribution is 2.41. The van der Waals surface area contributed by atoms with E-state index in [2.05, 4.69) is 22.0 Å². The number of alkyl halides is 1. The van der Waals surface area contributed by atoms with E-state index in [9.17, 15) is 0 Å². The fraction of sp³-hybridized carbons (Fsp3) is 0.647. The number of benzene rings is 1. The predicted octanol–water partition coefficient (Wildman–Crippen LogP) is 5.86. The van der Waals surface area contributed by atoms with Gasteiger partial charge in [0.15, 0.2) is 11.5 Å². The third-order valence-corrected chi connectivity index (χ3v) is 5.65. The van der Waals surface area contributed by atoms with E-state index in [1.54, 1.807) is 0 Å². The van der Waals surface area contributed by atoms with Crippen LogP contribution in [0.25, 0.3) is 0 Å². The van der Waals surface area contributed by atoms with Crippen LogP contribution in [0, 0.1) is 5.92 Å². The Labute approximate surface area is 140 Å². The first kappa shape index (κ1) is 15.5. The lowest BCUT2D eigenvalue weighted by Gasteiger charge is -2.17. The van der Waals surface area contributed by atoms with Crippen molar-refractivity contribution in [3.05, 3.63) is 22.2 Å². The van der Waals surface area contributed by atoms with E-state index in [1.165, 1.54) is 32.1 Å². The maximum Gasteiger partial charge on any atom is 0.162 e. The van der Waals surface area contributed by atoms with Crippen LogP contribution in [0.2, 0.25) is 0 Å². The average molecular weight is 374 g/mol. The van der Waals surface area contributed by atoms with E-state index < -0.39 is 0 Å². The average Bonchev–Trinajstić information content (AvgIpc) is 2.89. The lowest BCUT2D eigenvalue weighted by Crippen LogP contribution is -2.00. The number of rotatable bonds is 4. The lowest BCUT2D eigenvalue weighted by molar-refractivity contribution is 0.297. The second-order valence-electron chi connectivity index (χ2n) is 6.07. The van der Waals surface area contributed by atoms with Crippen molar-refractivity contribution in [1.29, 1.82) is 0 Å². The first-order valence-corrected chi connectivity index (χ1v) is 9.20. The molecule has 1 atom stereocenters. The van der Waals surface area contributed by atoms with Gasteiger partial charge in [-0.05, 0) is 36.5 Å². The van der Waals surface area contributed by atoms with Gasteiger partial charge in [-0.25, -0.2) is 0 Å². The van der Waals surface area contributed by atoms with Gasteiger partial charge in [-0.3, -0.25) is 0 Å². The Hall–Kier alpha value is -0.410. The van der Waals surface area contributed by atoms with Gasteiger partial charge in [-0.2, -0.15) is 0 Å². The van der Waals surface area contributed by atoms with Gasteiger partial charge in [0.2, 0.25) is 0 Å². The second-order valence-corrected chi connectivity index (χ2v) is 7.45. The SMILES string of the molecule is ClC(CCC1CCCC1)c1cc2c(cc1Br)OCCCO2. The van der Waals surface area contributed by atoms with Gasteiger partial charge in [-0.1, -0.05) is 41.6 Å². The summed E-state index contributed by atoms with van der Waals surface area (Å²) in [4.78, 5) is 0. The minimum absolute atomic E-state index is 0.0390. The quantitative estimate of drug-likeness (QED) is 0.615. The molecule has 0 amide bonds. The minimum Gasteiger partial charge on any atom is -0.490 e. The standard InChI is InChI=1S/C17H22BrClO2/c18-14-11-17-16(20-8-3-9-21-17)10-13(14)15(19)7-6-12-4-1-2-5-12/h10-12,15H,1-9H2. The number of hydrogen-bond donors (Lipinski definition) is 0. The van der Waals surface area contributed by atoms with Gasteiger partial charge in [-0.15, -0.1) is 11.6 Å². The molecule has 0 saturated heterocycles. The van der Waals surface area contributed by atoms with E-state index in [0.29, 0.717) is 13.2 Å². The van der Waals surface area contributed by atoms with Crippen LogP contribution >= 0.6 is 27.5 Å². The largest absolute Gasteiger partial charge is 0.490 e. The fourth-order valence-electron chi connectivity index (χ4n) is 3.28. The molecule has 0 N–H and O–H groups in total. The monoisotopic (exact) mass is 372 g/mol. The van der Waals surface area contributed by atoms with Crippen LogP contribution in [0.15, 0.2) is 16.6 Å². The zero-order valence-electron chi connectivity index (χ0n) is 12.2. The van der Waals surface area contributed by atoms with Crippen molar-refractivity contribution in [2.75, 3.05) is 13.2 Å². The Balaban J connectivity index is 1.69. The van der Waals surface area contributed by atoms with E-state index >= 15 is 0 Å². The molecule has 4 heteroatoms. The molecule has 2 aliphatic rings. The zero-order valence-corrected chi connectivity index (χ0v) is 14.6. The highest BCUT2D eigenvalue weighted by atomic mass is 79.9. The van der Waals surface area contributed by atoms with E-state index in [0.717, 1.165) is 40.3 Å². The maximum absolute atomic E-state index is 6.65. The molecule has 3 rings (SSSR count). The summed E-state index contributed by atoms with van der Waals surface area (Å²) in [5.74, 6) is 2.53. The molecular formula is C17H22BrClO2. The summed E-state index contributed by atoms with van der Waals surface area (Å²) in [6.07, 6.45) is 8.74. The highest BCUT2D eigenvalue weighted by Gasteiger charge is 2.21. The molecular weight excluding hydrogens is 352 g/mol. The third-order valence-electron chi connectivity index (χ3n) is 4.51. The molecule has 1 heterocycles. The van der Waals surface area contributed by atoms with Crippen molar-refractivity contribution in [3.8, 4) is 11.5 Å². The van der Waals surface area contributed by atoms with Crippen molar-refractivity contribution in [1.82, 2.24) is 0 Å². The zero-order chi connectivity index (χ0) is 14.7. The van der Waals surface area contributed by atoms with Gasteiger partial charge in [0.25, 0.3) is 0 Å². The Morgan fingerprint density at radius 1 is 1.10 bits per heavy atom. The molecule has 2 nitrogen and oxygen atoms in total. The van der Waals surface area contributed by atoms with Crippen LogP contribution in [-0.4, -0.2) is 13.2 Å². The summed E-state index contributed by atoms with van der Waals surface area (Å²) in [5, 5.41) is 0.0390. The number of hydrogen-bond acceptors (Lipinski definition) is 2. The Morgan fingerprint density at radius 2 is 1.76 bits per heavy atom. The van der Waals surface area contributed by atoms with Gasteiger partial charge >= 0.3 is 0 Å². The molecule has 1 fully saturated rings. The summed E-state index contributed by atoms with van der Waals surface area (Å²) in [6.45, 7) is 1.42. The smallest absolute Gasteiger partial charge is 0.162 e. The molecule has 21 heavy (non-hydrogen) atoms. The Kier molecular flexibility index (Phi) is 5.33. The van der Waals surface area contributed by atoms with Crippen molar-refractivity contribution < 1.29 is 9.47 Å². The van der Waals surface area contributed by atoms with Crippen LogP contribution in [0.1, 0.15) is 55.9 Å². The third kappa shape index (κ3) is 3.87. The van der Waals surface area contributed by atoms with Crippen LogP contribution in [0.3, 0.4) is 0 Å². The van der Waals surface area contributed by atoms with Gasteiger partial charge in [0.1, 0.15) is 0 Å². The summed E-state index contributed by atoms with van der Waals surface area (Å²) < 4.78 is 12.5. The second kappa shape index (κ2) is 7.23. The van der Waals surface area contributed by atoms with Crippen LogP contribution in [0.5, 0.6) is 11.5 Å². The van der Waals surface area contributed by atoms with Crippen molar-refractivity contribution in [2.24, 2.45) is 5.92 Å². The highest BCUT2D eigenvalue weighted by molar-refractivity contribution is 9.10. The van der Waals surface area contributed by atoms with Gasteiger partial charge in [0.05, 0.1) is 18.6 Å². The molecule has 1 aromatic carbocycles. The molecule has 0 aromatic heterocycles. The number of ether oxygens (including phenoxy) is 2. The first-order valence-electron chi connectivity index (χ1n) is 7.97. The first-order chi connectivity index (χ1) is 10.2. The molecule has 116 valence electrons. The molecule has 1 aromatic rings. The lowest BCUT2D eigenvalue weighted by atomic mass is 9.98. The molecule has 1 saturated carbocycles. The molecule has 1 aliphatic carbocycles. The van der Waals surface area contributed by atoms with Crippen molar-refractivity contribution in [2.45, 2.75) is 50.3 Å². The number of fused-ring (bicyclic) bond motifs is 1. The minimum atomic E-state index is 0.0390. The van der Waals surface area contributed by atoms with Crippen molar-refractivity contribution >= 4 is 27.5 Å². The topological polar surface area (TPSA) is 18.5 Å². The van der Waals surface area contributed by atoms with Crippen LogP contribution < -0.4 is 9.47 Å². The molecule has 1 unspecified atom stereocenters. The van der Waals surface area contributed by atoms with Gasteiger partial charge in [0, 0.05) is 10.9 Å². The van der Waals surface area contributed by atoms with Crippen molar-refractivity contribution in [3.63, 3.8) is 0 Å². The normalized spacial score (nSPS) is 20.3. The summed E-state index contributed by atoms with van der Waals surface area (Å²) in [7, 11) is 0.